The smallest absolute Gasteiger partial charge is 0.225 e. The van der Waals surface area contributed by atoms with Crippen molar-refractivity contribution in [2.75, 3.05) is 25.6 Å². The molecule has 3 aromatic rings. The summed E-state index contributed by atoms with van der Waals surface area (Å²) < 4.78 is 12.5. The Morgan fingerprint density at radius 2 is 2.04 bits per heavy atom. The van der Waals surface area contributed by atoms with E-state index in [9.17, 15) is 4.79 Å². The second-order valence-corrected chi connectivity index (χ2v) is 7.08. The molecule has 0 bridgehead atoms. The molecule has 3 heterocycles. The molecule has 7 heteroatoms. The van der Waals surface area contributed by atoms with Gasteiger partial charge in [0.15, 0.2) is 5.65 Å². The first-order valence-electron chi connectivity index (χ1n) is 9.51. The van der Waals surface area contributed by atoms with Crippen LogP contribution in [0.2, 0.25) is 0 Å². The van der Waals surface area contributed by atoms with Crippen molar-refractivity contribution in [3.05, 3.63) is 42.4 Å². The molecule has 0 saturated carbocycles. The number of imidazole rings is 1. The van der Waals surface area contributed by atoms with Gasteiger partial charge in [-0.25, -0.2) is 4.98 Å². The van der Waals surface area contributed by atoms with Gasteiger partial charge in [0.05, 0.1) is 24.7 Å². The Kier molecular flexibility index (Phi) is 5.25. The number of nitrogens with zero attached hydrogens (tertiary/aromatic N) is 3. The number of ether oxygens (including phenoxy) is 2. The van der Waals surface area contributed by atoms with E-state index in [1.807, 2.05) is 41.8 Å². The van der Waals surface area contributed by atoms with Crippen molar-refractivity contribution in [2.24, 2.45) is 5.92 Å². The SMILES string of the molecule is COc1ccc(-c2cn3c(NC(=O)CC4CCOCC4)c(C)nc3cn2)cc1. The second-order valence-electron chi connectivity index (χ2n) is 7.08. The van der Waals surface area contributed by atoms with Crippen LogP contribution >= 0.6 is 0 Å². The highest BCUT2D eigenvalue weighted by molar-refractivity contribution is 5.91. The largest absolute Gasteiger partial charge is 0.497 e. The maximum atomic E-state index is 12.6. The molecule has 0 radical (unpaired) electrons. The third-order valence-corrected chi connectivity index (χ3v) is 5.14. The normalized spacial score (nSPS) is 14.9. The number of hydrogen-bond donors (Lipinski definition) is 1. The van der Waals surface area contributed by atoms with Crippen LogP contribution in [0.15, 0.2) is 36.7 Å². The van der Waals surface area contributed by atoms with Crippen LogP contribution in [-0.2, 0) is 9.53 Å². The number of fused-ring (bicyclic) bond motifs is 1. The molecule has 0 atom stereocenters. The second kappa shape index (κ2) is 7.98. The summed E-state index contributed by atoms with van der Waals surface area (Å²) in [5.74, 6) is 1.89. The van der Waals surface area contributed by atoms with Gasteiger partial charge in [-0.1, -0.05) is 0 Å². The van der Waals surface area contributed by atoms with E-state index < -0.39 is 0 Å². The number of anilines is 1. The third kappa shape index (κ3) is 3.84. The van der Waals surface area contributed by atoms with E-state index in [-0.39, 0.29) is 5.91 Å². The maximum Gasteiger partial charge on any atom is 0.225 e. The summed E-state index contributed by atoms with van der Waals surface area (Å²) in [7, 11) is 1.64. The lowest BCUT2D eigenvalue weighted by atomic mass is 9.96. The monoisotopic (exact) mass is 380 g/mol. The van der Waals surface area contributed by atoms with Crippen LogP contribution in [0.1, 0.15) is 25.0 Å². The van der Waals surface area contributed by atoms with E-state index in [4.69, 9.17) is 9.47 Å². The van der Waals surface area contributed by atoms with Crippen LogP contribution in [-0.4, -0.2) is 40.6 Å². The number of rotatable bonds is 5. The fourth-order valence-electron chi connectivity index (χ4n) is 3.53. The van der Waals surface area contributed by atoms with Crippen LogP contribution < -0.4 is 10.1 Å². The fourth-order valence-corrected chi connectivity index (χ4v) is 3.53. The molecule has 0 spiro atoms. The fraction of sp³-hybridized carbons (Fsp3) is 0.381. The molecule has 28 heavy (non-hydrogen) atoms. The highest BCUT2D eigenvalue weighted by atomic mass is 16.5. The number of hydrogen-bond acceptors (Lipinski definition) is 5. The Bertz CT molecular complexity index is 975. The quantitative estimate of drug-likeness (QED) is 0.733. The molecule has 1 amide bonds. The van der Waals surface area contributed by atoms with Crippen LogP contribution in [0.5, 0.6) is 5.75 Å². The molecule has 0 unspecified atom stereocenters. The number of methoxy groups -OCH3 is 1. The molecular weight excluding hydrogens is 356 g/mol. The summed E-state index contributed by atoms with van der Waals surface area (Å²) in [6.45, 7) is 3.37. The molecule has 7 nitrogen and oxygen atoms in total. The predicted octanol–water partition coefficient (Wildman–Crippen LogP) is 3.47. The first-order chi connectivity index (χ1) is 13.6. The van der Waals surface area contributed by atoms with Crippen LogP contribution in [0.25, 0.3) is 16.9 Å². The number of amides is 1. The number of nitrogens with one attached hydrogen (secondary N) is 1. The average Bonchev–Trinajstić information content (AvgIpc) is 3.03. The number of carbonyl (C=O) groups is 1. The van der Waals surface area contributed by atoms with Gasteiger partial charge in [-0.2, -0.15) is 0 Å². The van der Waals surface area contributed by atoms with Crippen LogP contribution in [0, 0.1) is 12.8 Å². The number of carbonyl (C=O) groups excluding carboxylic acids is 1. The maximum absolute atomic E-state index is 12.6. The minimum absolute atomic E-state index is 0.0135. The van der Waals surface area contributed by atoms with E-state index >= 15 is 0 Å². The van der Waals surface area contributed by atoms with Crippen LogP contribution in [0.3, 0.4) is 0 Å². The zero-order valence-electron chi connectivity index (χ0n) is 16.1. The lowest BCUT2D eigenvalue weighted by molar-refractivity contribution is -0.117. The minimum atomic E-state index is 0.0135. The molecule has 1 fully saturated rings. The standard InChI is InChI=1S/C21H24N4O3/c1-14-21(24-20(26)11-15-7-9-28-10-8-15)25-13-18(22-12-19(25)23-14)16-3-5-17(27-2)6-4-16/h3-6,12-13,15H,7-11H2,1-2H3,(H,24,26). The lowest BCUT2D eigenvalue weighted by Crippen LogP contribution is -2.22. The highest BCUT2D eigenvalue weighted by Crippen LogP contribution is 2.25. The number of aryl methyl sites for hydroxylation is 1. The average molecular weight is 380 g/mol. The van der Waals surface area contributed by atoms with Crippen molar-refractivity contribution in [1.29, 1.82) is 0 Å². The Morgan fingerprint density at radius 3 is 2.75 bits per heavy atom. The number of benzene rings is 1. The first-order valence-corrected chi connectivity index (χ1v) is 9.51. The van der Waals surface area contributed by atoms with Crippen molar-refractivity contribution < 1.29 is 14.3 Å². The molecule has 1 N–H and O–H groups in total. The zero-order chi connectivity index (χ0) is 19.5. The zero-order valence-corrected chi connectivity index (χ0v) is 16.1. The van der Waals surface area contributed by atoms with Crippen LogP contribution in [0.4, 0.5) is 5.82 Å². The van der Waals surface area contributed by atoms with E-state index in [2.05, 4.69) is 15.3 Å². The summed E-state index contributed by atoms with van der Waals surface area (Å²) in [6.07, 6.45) is 6.00. The molecule has 1 aliphatic heterocycles. The van der Waals surface area contributed by atoms with Gasteiger partial charge in [0.2, 0.25) is 5.91 Å². The van der Waals surface area contributed by atoms with Crippen molar-refractivity contribution in [3.8, 4) is 17.0 Å². The number of aromatic nitrogens is 3. The van der Waals surface area contributed by atoms with Gasteiger partial charge in [0.25, 0.3) is 0 Å². The molecule has 1 aromatic carbocycles. The van der Waals surface area contributed by atoms with Gasteiger partial charge in [-0.3, -0.25) is 14.2 Å². The first kappa shape index (κ1) is 18.4. The molecule has 0 aliphatic carbocycles. The Balaban J connectivity index is 1.58. The molecular formula is C21H24N4O3. The Hall–Kier alpha value is -2.93. The van der Waals surface area contributed by atoms with E-state index in [0.717, 1.165) is 48.8 Å². The molecule has 1 aliphatic rings. The van der Waals surface area contributed by atoms with Crippen molar-refractivity contribution >= 4 is 17.4 Å². The molecule has 1 saturated heterocycles. The predicted molar refractivity (Wildman–Crippen MR) is 107 cm³/mol. The summed E-state index contributed by atoms with van der Waals surface area (Å²) in [5, 5.41) is 3.05. The van der Waals surface area contributed by atoms with Crippen molar-refractivity contribution in [3.63, 3.8) is 0 Å². The van der Waals surface area contributed by atoms with E-state index in [1.165, 1.54) is 0 Å². The van der Waals surface area contributed by atoms with E-state index in [0.29, 0.717) is 23.8 Å². The topological polar surface area (TPSA) is 77.8 Å². The van der Waals surface area contributed by atoms with Gasteiger partial charge < -0.3 is 14.8 Å². The lowest BCUT2D eigenvalue weighted by Gasteiger charge is -2.21. The van der Waals surface area contributed by atoms with Crippen molar-refractivity contribution in [2.45, 2.75) is 26.2 Å². The minimum Gasteiger partial charge on any atom is -0.497 e. The third-order valence-electron chi connectivity index (χ3n) is 5.14. The summed E-state index contributed by atoms with van der Waals surface area (Å²) in [5.41, 5.74) is 3.24. The van der Waals surface area contributed by atoms with Gasteiger partial charge in [0, 0.05) is 31.4 Å². The van der Waals surface area contributed by atoms with Gasteiger partial charge in [-0.05, 0) is 49.9 Å². The Morgan fingerprint density at radius 1 is 1.29 bits per heavy atom. The summed E-state index contributed by atoms with van der Waals surface area (Å²) in [4.78, 5) is 21.6. The van der Waals surface area contributed by atoms with Gasteiger partial charge in [0.1, 0.15) is 11.6 Å². The Labute approximate surface area is 163 Å². The molecule has 4 rings (SSSR count). The van der Waals surface area contributed by atoms with Gasteiger partial charge >= 0.3 is 0 Å². The highest BCUT2D eigenvalue weighted by Gasteiger charge is 2.19. The summed E-state index contributed by atoms with van der Waals surface area (Å²) >= 11 is 0. The molecule has 2 aromatic heterocycles. The molecule has 146 valence electrons. The van der Waals surface area contributed by atoms with Crippen molar-refractivity contribution in [1.82, 2.24) is 14.4 Å². The van der Waals surface area contributed by atoms with E-state index in [1.54, 1.807) is 13.3 Å². The summed E-state index contributed by atoms with van der Waals surface area (Å²) in [6, 6.07) is 7.72. The van der Waals surface area contributed by atoms with Gasteiger partial charge in [-0.15, -0.1) is 0 Å².